The van der Waals surface area contributed by atoms with Gasteiger partial charge in [-0.1, -0.05) is 50.8 Å². The zero-order valence-electron chi connectivity index (χ0n) is 17.6. The van der Waals surface area contributed by atoms with Crippen LogP contribution in [-0.2, 0) is 10.1 Å². The summed E-state index contributed by atoms with van der Waals surface area (Å²) in [4.78, 5) is -0.178. The minimum atomic E-state index is -4.27. The fourth-order valence-electron chi connectivity index (χ4n) is 2.95. The van der Waals surface area contributed by atoms with Gasteiger partial charge < -0.3 is 14.1 Å². The van der Waals surface area contributed by atoms with Crippen LogP contribution in [0.3, 0.4) is 0 Å². The molecule has 0 aliphatic rings. The summed E-state index contributed by atoms with van der Waals surface area (Å²) < 4.78 is 32.2. The molecule has 0 spiro atoms. The Kier molecular flexibility index (Phi) is 13.6. The van der Waals surface area contributed by atoms with Crippen LogP contribution in [0.2, 0.25) is 0 Å². The van der Waals surface area contributed by atoms with E-state index in [1.54, 1.807) is 12.1 Å². The highest BCUT2D eigenvalue weighted by atomic mass is 32.2. The molecule has 0 amide bonds. The number of quaternary nitrogens is 1. The van der Waals surface area contributed by atoms with E-state index in [1.165, 1.54) is 70.2 Å². The summed E-state index contributed by atoms with van der Waals surface area (Å²) in [6, 6.07) is 5.78. The number of rotatable bonds is 12. The Balaban J connectivity index is 0.000000533. The Hall–Kier alpha value is -0.950. The van der Waals surface area contributed by atoms with Crippen molar-refractivity contribution in [3.05, 3.63) is 29.8 Å². The number of aryl methyl sites for hydroxylation is 1. The number of hydrogen-bond acceptors (Lipinski definition) is 4. The Morgan fingerprint density at radius 1 is 0.889 bits per heavy atom. The predicted octanol–water partition coefficient (Wildman–Crippen LogP) is 4.09. The second-order valence-corrected chi connectivity index (χ2v) is 8.93. The van der Waals surface area contributed by atoms with Gasteiger partial charge in [0.1, 0.15) is 16.7 Å². The number of aliphatic hydroxyl groups is 1. The number of hydrogen-bond donors (Lipinski definition) is 1. The Labute approximate surface area is 166 Å². The molecular weight excluding hydrogens is 362 g/mol. The molecule has 27 heavy (non-hydrogen) atoms. The van der Waals surface area contributed by atoms with E-state index in [4.69, 9.17) is 5.11 Å². The van der Waals surface area contributed by atoms with Crippen molar-refractivity contribution in [1.29, 1.82) is 0 Å². The number of unbranched alkanes of at least 4 members (excludes halogenated alkanes) is 5. The van der Waals surface area contributed by atoms with Crippen LogP contribution in [0.25, 0.3) is 0 Å². The molecule has 158 valence electrons. The van der Waals surface area contributed by atoms with Crippen molar-refractivity contribution < 1.29 is 22.6 Å². The lowest BCUT2D eigenvalue weighted by molar-refractivity contribution is -0.910. The molecular formula is C21H39NO4S. The summed E-state index contributed by atoms with van der Waals surface area (Å²) in [7, 11) is -1.97. The molecule has 1 rings (SSSR count). The zero-order valence-corrected chi connectivity index (χ0v) is 18.4. The van der Waals surface area contributed by atoms with Gasteiger partial charge in [0.05, 0.1) is 31.6 Å². The maximum Gasteiger partial charge on any atom is 0.124 e. The SMILES string of the molecule is CCCCCC[N+](C)(CCO)CCCCC.Cc1ccc(S(=O)(=O)[O-])cc1. The van der Waals surface area contributed by atoms with Crippen LogP contribution in [-0.4, -0.2) is 55.8 Å². The molecule has 1 aromatic carbocycles. The van der Waals surface area contributed by atoms with Gasteiger partial charge in [0.25, 0.3) is 0 Å². The zero-order chi connectivity index (χ0) is 20.8. The van der Waals surface area contributed by atoms with Crippen LogP contribution in [0.5, 0.6) is 0 Å². The van der Waals surface area contributed by atoms with Crippen molar-refractivity contribution in [2.45, 2.75) is 70.6 Å². The predicted molar refractivity (Wildman–Crippen MR) is 111 cm³/mol. The number of nitrogens with zero attached hydrogens (tertiary/aromatic N) is 1. The molecule has 0 aromatic heterocycles. The minimum Gasteiger partial charge on any atom is -0.744 e. The monoisotopic (exact) mass is 401 g/mol. The van der Waals surface area contributed by atoms with Crippen molar-refractivity contribution in [2.75, 3.05) is 33.3 Å². The van der Waals surface area contributed by atoms with E-state index in [1.807, 2.05) is 6.92 Å². The molecule has 0 heterocycles. The average Bonchev–Trinajstić information content (AvgIpc) is 2.59. The fraction of sp³-hybridized carbons (Fsp3) is 0.714. The summed E-state index contributed by atoms with van der Waals surface area (Å²) in [5, 5.41) is 9.15. The van der Waals surface area contributed by atoms with Gasteiger partial charge in [-0.3, -0.25) is 0 Å². The molecule has 0 saturated heterocycles. The third kappa shape index (κ3) is 13.0. The number of aliphatic hydroxyl groups excluding tert-OH is 1. The van der Waals surface area contributed by atoms with Gasteiger partial charge in [0.15, 0.2) is 0 Å². The van der Waals surface area contributed by atoms with Gasteiger partial charge in [-0.2, -0.15) is 0 Å². The molecule has 0 saturated carbocycles. The van der Waals surface area contributed by atoms with E-state index >= 15 is 0 Å². The lowest BCUT2D eigenvalue weighted by Gasteiger charge is -2.34. The van der Waals surface area contributed by atoms with E-state index in [-0.39, 0.29) is 4.90 Å². The lowest BCUT2D eigenvalue weighted by atomic mass is 10.1. The third-order valence-electron chi connectivity index (χ3n) is 4.80. The van der Waals surface area contributed by atoms with Gasteiger partial charge in [-0.25, -0.2) is 8.42 Å². The van der Waals surface area contributed by atoms with Crippen LogP contribution < -0.4 is 0 Å². The topological polar surface area (TPSA) is 77.4 Å². The molecule has 0 aliphatic heterocycles. The molecule has 1 unspecified atom stereocenters. The van der Waals surface area contributed by atoms with E-state index in [0.717, 1.165) is 16.6 Å². The largest absolute Gasteiger partial charge is 0.744 e. The van der Waals surface area contributed by atoms with Gasteiger partial charge in [-0.15, -0.1) is 0 Å². The highest BCUT2D eigenvalue weighted by Gasteiger charge is 2.19. The summed E-state index contributed by atoms with van der Waals surface area (Å²) >= 11 is 0. The number of benzene rings is 1. The molecule has 0 radical (unpaired) electrons. The molecule has 1 N–H and O–H groups in total. The van der Waals surface area contributed by atoms with Crippen molar-refractivity contribution in [3.8, 4) is 0 Å². The second kappa shape index (κ2) is 14.1. The molecule has 0 aliphatic carbocycles. The highest BCUT2D eigenvalue weighted by Crippen LogP contribution is 2.11. The molecule has 6 heteroatoms. The van der Waals surface area contributed by atoms with Crippen molar-refractivity contribution >= 4 is 10.1 Å². The summed E-state index contributed by atoms with van der Waals surface area (Å²) in [6.07, 6.45) is 9.25. The smallest absolute Gasteiger partial charge is 0.124 e. The average molecular weight is 402 g/mol. The minimum absolute atomic E-state index is 0.178. The van der Waals surface area contributed by atoms with Crippen LogP contribution in [0, 0.1) is 6.92 Å². The third-order valence-corrected chi connectivity index (χ3v) is 5.65. The first kappa shape index (κ1) is 26.1. The Morgan fingerprint density at radius 3 is 1.81 bits per heavy atom. The quantitative estimate of drug-likeness (QED) is 0.325. The van der Waals surface area contributed by atoms with Crippen molar-refractivity contribution in [2.24, 2.45) is 0 Å². The van der Waals surface area contributed by atoms with Gasteiger partial charge in [0.2, 0.25) is 0 Å². The van der Waals surface area contributed by atoms with Gasteiger partial charge in [0, 0.05) is 0 Å². The maximum absolute atomic E-state index is 10.4. The van der Waals surface area contributed by atoms with Crippen LogP contribution in [0.15, 0.2) is 29.2 Å². The Bertz CT molecular complexity index is 587. The van der Waals surface area contributed by atoms with Crippen molar-refractivity contribution in [3.63, 3.8) is 0 Å². The summed E-state index contributed by atoms with van der Waals surface area (Å²) in [5.41, 5.74) is 0.928. The van der Waals surface area contributed by atoms with Crippen molar-refractivity contribution in [1.82, 2.24) is 0 Å². The molecule has 5 nitrogen and oxygen atoms in total. The second-order valence-electron chi connectivity index (χ2n) is 7.55. The molecule has 1 atom stereocenters. The molecule has 0 fully saturated rings. The maximum atomic E-state index is 10.4. The molecule has 0 bridgehead atoms. The van der Waals surface area contributed by atoms with Crippen LogP contribution in [0.4, 0.5) is 0 Å². The highest BCUT2D eigenvalue weighted by molar-refractivity contribution is 7.85. The van der Waals surface area contributed by atoms with E-state index < -0.39 is 10.1 Å². The normalized spacial score (nSPS) is 13.6. The van der Waals surface area contributed by atoms with Crippen LogP contribution in [0.1, 0.15) is 64.4 Å². The lowest BCUT2D eigenvalue weighted by Crippen LogP contribution is -2.47. The first-order valence-electron chi connectivity index (χ1n) is 10.2. The van der Waals surface area contributed by atoms with E-state index in [2.05, 4.69) is 20.9 Å². The summed E-state index contributed by atoms with van der Waals surface area (Å²) in [5.74, 6) is 0. The van der Waals surface area contributed by atoms with E-state index in [0.29, 0.717) is 6.61 Å². The van der Waals surface area contributed by atoms with Gasteiger partial charge >= 0.3 is 0 Å². The fourth-order valence-corrected chi connectivity index (χ4v) is 3.42. The van der Waals surface area contributed by atoms with Gasteiger partial charge in [-0.05, 0) is 44.7 Å². The molecule has 1 aromatic rings. The summed E-state index contributed by atoms with van der Waals surface area (Å²) in [6.45, 7) is 10.1. The standard InChI is InChI=1S/C14H32NO.C7H8O3S/c1-4-6-8-10-12-15(3,13-14-16)11-9-7-5-2;1-6-2-4-7(5-3-6)11(8,9)10/h16H,4-14H2,1-3H3;2-5H,1H3,(H,8,9,10)/q+1;/p-1. The number of likely N-dealkylation sites (N-methyl/N-ethyl adjacent to an activating group) is 1. The first-order valence-corrected chi connectivity index (χ1v) is 11.6. The Morgan fingerprint density at radius 2 is 1.37 bits per heavy atom. The van der Waals surface area contributed by atoms with E-state index in [9.17, 15) is 13.0 Å². The van der Waals surface area contributed by atoms with Crippen LogP contribution >= 0.6 is 0 Å². The first-order chi connectivity index (χ1) is 12.7.